The second-order valence-electron chi connectivity index (χ2n) is 3.93. The monoisotopic (exact) mass is 279 g/mol. The summed E-state index contributed by atoms with van der Waals surface area (Å²) in [4.78, 5) is 3.99. The van der Waals surface area contributed by atoms with E-state index in [0.29, 0.717) is 0 Å². The summed E-state index contributed by atoms with van der Waals surface area (Å²) in [5.74, 6) is -1.11. The van der Waals surface area contributed by atoms with Crippen LogP contribution < -0.4 is 5.73 Å². The van der Waals surface area contributed by atoms with Crippen LogP contribution in [0.3, 0.4) is 0 Å². The summed E-state index contributed by atoms with van der Waals surface area (Å²) in [7, 11) is 0. The zero-order valence-corrected chi connectivity index (χ0v) is 9.88. The Morgan fingerprint density at radius 2 is 2.00 bits per heavy atom. The van der Waals surface area contributed by atoms with Crippen molar-refractivity contribution in [2.75, 3.05) is 5.73 Å². The molecule has 1 aromatic carbocycles. The van der Waals surface area contributed by atoms with E-state index in [0.717, 1.165) is 12.1 Å². The van der Waals surface area contributed by atoms with Crippen LogP contribution in [0.4, 0.5) is 14.6 Å². The molecule has 7 nitrogen and oxygen atoms in total. The van der Waals surface area contributed by atoms with Crippen molar-refractivity contribution in [1.29, 1.82) is 0 Å². The van der Waals surface area contributed by atoms with Gasteiger partial charge in [-0.25, -0.2) is 13.4 Å². The Morgan fingerprint density at radius 3 is 2.70 bits per heavy atom. The average molecular weight is 279 g/mol. The lowest BCUT2D eigenvalue weighted by Crippen LogP contribution is -1.96. The van der Waals surface area contributed by atoms with E-state index in [1.165, 1.54) is 6.07 Å². The van der Waals surface area contributed by atoms with E-state index in [9.17, 15) is 8.78 Å². The highest BCUT2D eigenvalue weighted by molar-refractivity contribution is 5.60. The number of benzene rings is 1. The molecule has 102 valence electrons. The molecule has 0 unspecified atom stereocenters. The highest BCUT2D eigenvalue weighted by Crippen LogP contribution is 2.21. The molecule has 2 N–H and O–H groups in total. The SMILES string of the molecule is Nc1nonc1-c1nc(Cc2ccc(F)cc2F)no1. The van der Waals surface area contributed by atoms with Gasteiger partial charge in [-0.3, -0.25) is 0 Å². The fraction of sp³-hybridized carbons (Fsp3) is 0.0909. The molecule has 0 fully saturated rings. The number of rotatable bonds is 3. The maximum absolute atomic E-state index is 13.5. The van der Waals surface area contributed by atoms with E-state index in [-0.39, 0.29) is 35.2 Å². The van der Waals surface area contributed by atoms with Crippen molar-refractivity contribution in [2.45, 2.75) is 6.42 Å². The Morgan fingerprint density at radius 1 is 1.15 bits per heavy atom. The van der Waals surface area contributed by atoms with Gasteiger partial charge in [0.15, 0.2) is 5.82 Å². The van der Waals surface area contributed by atoms with Gasteiger partial charge in [-0.05, 0) is 21.9 Å². The minimum absolute atomic E-state index is 0.00756. The maximum atomic E-state index is 13.5. The van der Waals surface area contributed by atoms with Gasteiger partial charge in [0.25, 0.3) is 5.89 Å². The van der Waals surface area contributed by atoms with Gasteiger partial charge in [-0.1, -0.05) is 11.2 Å². The number of nitrogens with zero attached hydrogens (tertiary/aromatic N) is 4. The summed E-state index contributed by atoms with van der Waals surface area (Å²) < 4.78 is 35.6. The van der Waals surface area contributed by atoms with Crippen LogP contribution in [0.2, 0.25) is 0 Å². The van der Waals surface area contributed by atoms with Crippen molar-refractivity contribution >= 4 is 5.82 Å². The van der Waals surface area contributed by atoms with Gasteiger partial charge < -0.3 is 10.3 Å². The largest absolute Gasteiger partial charge is 0.379 e. The zero-order valence-electron chi connectivity index (χ0n) is 9.88. The van der Waals surface area contributed by atoms with E-state index in [1.54, 1.807) is 0 Å². The molecule has 0 saturated heterocycles. The van der Waals surface area contributed by atoms with Gasteiger partial charge in [0.1, 0.15) is 11.6 Å². The smallest absolute Gasteiger partial charge is 0.284 e. The average Bonchev–Trinajstić information content (AvgIpc) is 3.01. The van der Waals surface area contributed by atoms with E-state index < -0.39 is 11.6 Å². The number of nitrogens with two attached hydrogens (primary N) is 1. The van der Waals surface area contributed by atoms with Crippen molar-refractivity contribution < 1.29 is 17.9 Å². The van der Waals surface area contributed by atoms with Gasteiger partial charge >= 0.3 is 0 Å². The third-order valence-electron chi connectivity index (χ3n) is 2.55. The molecule has 3 rings (SSSR count). The molecular weight excluding hydrogens is 272 g/mol. The lowest BCUT2D eigenvalue weighted by Gasteiger charge is -1.98. The van der Waals surface area contributed by atoms with Crippen LogP contribution in [-0.2, 0) is 6.42 Å². The van der Waals surface area contributed by atoms with Crippen molar-refractivity contribution in [1.82, 2.24) is 20.5 Å². The molecule has 20 heavy (non-hydrogen) atoms. The van der Waals surface area contributed by atoms with E-state index in [1.807, 2.05) is 0 Å². The molecule has 0 saturated carbocycles. The minimum Gasteiger partial charge on any atom is -0.379 e. The fourth-order valence-corrected chi connectivity index (χ4v) is 1.60. The van der Waals surface area contributed by atoms with Gasteiger partial charge in [-0.2, -0.15) is 4.98 Å². The summed E-state index contributed by atoms with van der Waals surface area (Å²) >= 11 is 0. The van der Waals surface area contributed by atoms with Crippen molar-refractivity contribution in [3.05, 3.63) is 41.2 Å². The standard InChI is InChI=1S/C11H7F2N5O2/c12-6-2-1-5(7(13)4-6)3-8-15-11(19-16-8)9-10(14)18-20-17-9/h1-2,4H,3H2,(H2,14,18). The quantitative estimate of drug-likeness (QED) is 0.775. The van der Waals surface area contributed by atoms with Gasteiger partial charge in [0.05, 0.1) is 0 Å². The zero-order chi connectivity index (χ0) is 14.1. The molecule has 0 spiro atoms. The van der Waals surface area contributed by atoms with Crippen LogP contribution in [-0.4, -0.2) is 20.5 Å². The van der Waals surface area contributed by atoms with Crippen molar-refractivity contribution in [2.24, 2.45) is 0 Å². The molecule has 0 aliphatic rings. The Balaban J connectivity index is 1.86. The molecule has 0 bridgehead atoms. The number of aromatic nitrogens is 4. The van der Waals surface area contributed by atoms with Crippen molar-refractivity contribution in [3.8, 4) is 11.6 Å². The number of nitrogen functional groups attached to an aromatic ring is 1. The van der Waals surface area contributed by atoms with Crippen molar-refractivity contribution in [3.63, 3.8) is 0 Å². The van der Waals surface area contributed by atoms with E-state index in [4.69, 9.17) is 10.3 Å². The first-order valence-corrected chi connectivity index (χ1v) is 5.48. The second-order valence-corrected chi connectivity index (χ2v) is 3.93. The summed E-state index contributed by atoms with van der Waals surface area (Å²) in [5.41, 5.74) is 5.83. The highest BCUT2D eigenvalue weighted by atomic mass is 19.1. The third-order valence-corrected chi connectivity index (χ3v) is 2.55. The predicted molar refractivity (Wildman–Crippen MR) is 61.2 cm³/mol. The number of hydrogen-bond donors (Lipinski definition) is 1. The summed E-state index contributed by atoms with van der Waals surface area (Å²) in [6, 6.07) is 3.25. The molecule has 0 atom stereocenters. The summed E-state index contributed by atoms with van der Waals surface area (Å²) in [6.07, 6.45) is 0.0425. The summed E-state index contributed by atoms with van der Waals surface area (Å²) in [5, 5.41) is 10.5. The Kier molecular flexibility index (Phi) is 2.86. The Hall–Kier alpha value is -2.84. The number of halogens is 2. The Labute approximate surface area is 110 Å². The van der Waals surface area contributed by atoms with Gasteiger partial charge in [0, 0.05) is 12.5 Å². The molecular formula is C11H7F2N5O2. The number of anilines is 1. The molecule has 0 aliphatic heterocycles. The lowest BCUT2D eigenvalue weighted by molar-refractivity contribution is 0.308. The minimum atomic E-state index is -0.682. The first kappa shape index (κ1) is 12.2. The second kappa shape index (κ2) is 4.68. The molecule has 0 radical (unpaired) electrons. The molecule has 2 aromatic heterocycles. The van der Waals surface area contributed by atoms with Crippen LogP contribution in [0.5, 0.6) is 0 Å². The first-order valence-electron chi connectivity index (χ1n) is 5.48. The molecule has 0 aliphatic carbocycles. The van der Waals surface area contributed by atoms with Crippen LogP contribution in [0.1, 0.15) is 11.4 Å². The maximum Gasteiger partial charge on any atom is 0.284 e. The van der Waals surface area contributed by atoms with E-state index >= 15 is 0 Å². The third kappa shape index (κ3) is 2.20. The summed E-state index contributed by atoms with van der Waals surface area (Å²) in [6.45, 7) is 0. The number of hydrogen-bond acceptors (Lipinski definition) is 7. The first-order chi connectivity index (χ1) is 9.63. The van der Waals surface area contributed by atoms with Crippen LogP contribution in [0, 0.1) is 11.6 Å². The van der Waals surface area contributed by atoms with Crippen LogP contribution in [0.15, 0.2) is 27.4 Å². The van der Waals surface area contributed by atoms with Crippen LogP contribution in [0.25, 0.3) is 11.6 Å². The molecule has 0 amide bonds. The van der Waals surface area contributed by atoms with Crippen LogP contribution >= 0.6 is 0 Å². The Bertz CT molecular complexity index is 755. The highest BCUT2D eigenvalue weighted by Gasteiger charge is 2.17. The molecule has 2 heterocycles. The lowest BCUT2D eigenvalue weighted by atomic mass is 10.1. The van der Waals surface area contributed by atoms with E-state index in [2.05, 4.69) is 25.1 Å². The van der Waals surface area contributed by atoms with Gasteiger partial charge in [0.2, 0.25) is 11.5 Å². The topological polar surface area (TPSA) is 104 Å². The van der Waals surface area contributed by atoms with Gasteiger partial charge in [-0.15, -0.1) is 0 Å². The normalized spacial score (nSPS) is 10.9. The molecule has 9 heteroatoms. The predicted octanol–water partition coefficient (Wildman–Crippen LogP) is 1.57. The molecule has 3 aromatic rings. The fourth-order valence-electron chi connectivity index (χ4n) is 1.60.